The molecule has 1 aromatic carbocycles. The van der Waals surface area contributed by atoms with E-state index in [0.717, 1.165) is 6.08 Å². The summed E-state index contributed by atoms with van der Waals surface area (Å²) in [5, 5.41) is 10.9. The van der Waals surface area contributed by atoms with Crippen LogP contribution in [0.25, 0.3) is 6.08 Å². The summed E-state index contributed by atoms with van der Waals surface area (Å²) < 4.78 is 0. The first-order valence-electron chi connectivity index (χ1n) is 4.49. The van der Waals surface area contributed by atoms with Gasteiger partial charge >= 0.3 is 5.97 Å². The maximum absolute atomic E-state index is 11.5. The number of aliphatic carboxylic acids is 1. The third-order valence-corrected chi connectivity index (χ3v) is 2.18. The van der Waals surface area contributed by atoms with Gasteiger partial charge in [0.2, 0.25) is 0 Å². The minimum absolute atomic E-state index is 0.227. The largest absolute Gasteiger partial charge is 0.478 e. The van der Waals surface area contributed by atoms with E-state index in [4.69, 9.17) is 5.11 Å². The number of rotatable bonds is 2. The number of Topliss-reactive ketones (excluding diaryl/α,β-unsaturated/α-hetero) is 1. The van der Waals surface area contributed by atoms with E-state index in [2.05, 4.69) is 5.32 Å². The summed E-state index contributed by atoms with van der Waals surface area (Å²) in [5.74, 6) is -2.44. The third-order valence-electron chi connectivity index (χ3n) is 2.18. The maximum Gasteiger partial charge on any atom is 0.328 e. The van der Waals surface area contributed by atoms with Crippen LogP contribution in [0.5, 0.6) is 0 Å². The second kappa shape index (κ2) is 3.62. The molecule has 0 saturated heterocycles. The lowest BCUT2D eigenvalue weighted by molar-refractivity contribution is -0.131. The van der Waals surface area contributed by atoms with Crippen LogP contribution in [0.1, 0.15) is 15.9 Å². The van der Waals surface area contributed by atoms with E-state index >= 15 is 0 Å². The molecule has 1 heterocycles. The highest BCUT2D eigenvalue weighted by Gasteiger charge is 2.29. The standard InChI is InChI=1S/C11H7NO4/c13-8(14)5-4-6-2-1-3-7-9(6)10(15)11(16)12-7/h1-5H,(H,13,14)(H,12,15,16). The number of carbonyl (C=O) groups excluding carboxylic acids is 2. The highest BCUT2D eigenvalue weighted by Crippen LogP contribution is 2.26. The molecule has 0 radical (unpaired) electrons. The number of hydrogen-bond acceptors (Lipinski definition) is 3. The molecule has 80 valence electrons. The molecule has 1 aromatic rings. The van der Waals surface area contributed by atoms with E-state index in [9.17, 15) is 14.4 Å². The summed E-state index contributed by atoms with van der Waals surface area (Å²) in [6, 6.07) is 4.81. The van der Waals surface area contributed by atoms with Crippen LogP contribution in [0.4, 0.5) is 5.69 Å². The Morgan fingerprint density at radius 1 is 1.31 bits per heavy atom. The fourth-order valence-electron chi connectivity index (χ4n) is 1.52. The molecule has 0 bridgehead atoms. The van der Waals surface area contributed by atoms with Gasteiger partial charge in [-0.15, -0.1) is 0 Å². The Balaban J connectivity index is 2.50. The molecule has 0 atom stereocenters. The lowest BCUT2D eigenvalue weighted by atomic mass is 10.0. The average Bonchev–Trinajstić information content (AvgIpc) is 2.52. The molecule has 1 amide bonds. The molecule has 5 heteroatoms. The summed E-state index contributed by atoms with van der Waals surface area (Å²) in [6.07, 6.45) is 2.21. The zero-order valence-electron chi connectivity index (χ0n) is 8.06. The Morgan fingerprint density at radius 2 is 2.06 bits per heavy atom. The highest BCUT2D eigenvalue weighted by molar-refractivity contribution is 6.52. The number of nitrogens with one attached hydrogen (secondary N) is 1. The van der Waals surface area contributed by atoms with Crippen molar-refractivity contribution in [3.05, 3.63) is 35.4 Å². The summed E-state index contributed by atoms with van der Waals surface area (Å²) in [5.41, 5.74) is 1.07. The number of amides is 1. The van der Waals surface area contributed by atoms with Crippen molar-refractivity contribution in [3.8, 4) is 0 Å². The van der Waals surface area contributed by atoms with Crippen molar-refractivity contribution in [2.45, 2.75) is 0 Å². The highest BCUT2D eigenvalue weighted by atomic mass is 16.4. The number of benzene rings is 1. The van der Waals surface area contributed by atoms with Crippen molar-refractivity contribution in [3.63, 3.8) is 0 Å². The van der Waals surface area contributed by atoms with Crippen LogP contribution in [0.3, 0.4) is 0 Å². The smallest absolute Gasteiger partial charge is 0.328 e. The molecule has 16 heavy (non-hydrogen) atoms. The van der Waals surface area contributed by atoms with Crippen molar-refractivity contribution in [2.75, 3.05) is 5.32 Å². The topological polar surface area (TPSA) is 83.5 Å². The first-order valence-corrected chi connectivity index (χ1v) is 4.49. The Labute approximate surface area is 90.4 Å². The van der Waals surface area contributed by atoms with Crippen molar-refractivity contribution in [1.82, 2.24) is 0 Å². The van der Waals surface area contributed by atoms with Crippen LogP contribution in [0, 0.1) is 0 Å². The molecule has 1 aliphatic rings. The van der Waals surface area contributed by atoms with Crippen LogP contribution in [0.15, 0.2) is 24.3 Å². The molecule has 0 unspecified atom stereocenters. The number of anilines is 1. The number of carboxylic acid groups (broad SMARTS) is 1. The van der Waals surface area contributed by atoms with Crippen LogP contribution in [0.2, 0.25) is 0 Å². The molecule has 0 aromatic heterocycles. The molecular formula is C11H7NO4. The SMILES string of the molecule is O=C(O)C=Cc1cccc2c1C(=O)C(=O)N2. The lowest BCUT2D eigenvalue weighted by Crippen LogP contribution is -2.12. The molecule has 1 aliphatic heterocycles. The number of hydrogen-bond donors (Lipinski definition) is 2. The van der Waals surface area contributed by atoms with Crippen molar-refractivity contribution in [2.24, 2.45) is 0 Å². The first-order chi connectivity index (χ1) is 7.59. The molecule has 5 nitrogen and oxygen atoms in total. The van der Waals surface area contributed by atoms with Crippen LogP contribution >= 0.6 is 0 Å². The molecule has 2 rings (SSSR count). The van der Waals surface area contributed by atoms with Crippen LogP contribution in [-0.4, -0.2) is 22.8 Å². The Hall–Kier alpha value is -2.43. The van der Waals surface area contributed by atoms with Gasteiger partial charge in [-0.05, 0) is 17.7 Å². The summed E-state index contributed by atoms with van der Waals surface area (Å²) in [6.45, 7) is 0. The van der Waals surface area contributed by atoms with Gasteiger partial charge in [0.15, 0.2) is 0 Å². The van der Waals surface area contributed by atoms with Gasteiger partial charge in [-0.2, -0.15) is 0 Å². The first kappa shape index (κ1) is 10.1. The van der Waals surface area contributed by atoms with Gasteiger partial charge in [-0.3, -0.25) is 9.59 Å². The van der Waals surface area contributed by atoms with E-state index < -0.39 is 17.7 Å². The summed E-state index contributed by atoms with van der Waals surface area (Å²) in [7, 11) is 0. The number of carbonyl (C=O) groups is 3. The van der Waals surface area contributed by atoms with E-state index in [1.807, 2.05) is 0 Å². The normalized spacial score (nSPS) is 14.0. The predicted molar refractivity (Wildman–Crippen MR) is 56.1 cm³/mol. The fraction of sp³-hybridized carbons (Fsp3) is 0. The molecule has 0 spiro atoms. The zero-order chi connectivity index (χ0) is 11.7. The number of carboxylic acids is 1. The third kappa shape index (κ3) is 1.58. The minimum atomic E-state index is -1.11. The van der Waals surface area contributed by atoms with Gasteiger partial charge < -0.3 is 10.4 Å². The molecule has 2 N–H and O–H groups in total. The van der Waals surface area contributed by atoms with Crippen molar-refractivity contribution in [1.29, 1.82) is 0 Å². The van der Waals surface area contributed by atoms with Crippen molar-refractivity contribution >= 4 is 29.4 Å². The molecule has 0 fully saturated rings. The number of fused-ring (bicyclic) bond motifs is 1. The zero-order valence-corrected chi connectivity index (χ0v) is 8.06. The second-order valence-corrected chi connectivity index (χ2v) is 3.22. The van der Waals surface area contributed by atoms with Crippen molar-refractivity contribution < 1.29 is 19.5 Å². The quantitative estimate of drug-likeness (QED) is 0.570. The summed E-state index contributed by atoms with van der Waals surface area (Å²) in [4.78, 5) is 33.0. The van der Waals surface area contributed by atoms with Gasteiger partial charge in [0.05, 0.1) is 11.3 Å². The van der Waals surface area contributed by atoms with Crippen LogP contribution < -0.4 is 5.32 Å². The fourth-order valence-corrected chi connectivity index (χ4v) is 1.52. The maximum atomic E-state index is 11.5. The van der Waals surface area contributed by atoms with E-state index in [1.165, 1.54) is 6.08 Å². The average molecular weight is 217 g/mol. The van der Waals surface area contributed by atoms with Gasteiger partial charge in [-0.1, -0.05) is 12.1 Å². The Morgan fingerprint density at radius 3 is 2.75 bits per heavy atom. The lowest BCUT2D eigenvalue weighted by Gasteiger charge is -1.99. The predicted octanol–water partition coefficient (Wildman–Crippen LogP) is 0.919. The molecular weight excluding hydrogens is 210 g/mol. The minimum Gasteiger partial charge on any atom is -0.478 e. The monoisotopic (exact) mass is 217 g/mol. The second-order valence-electron chi connectivity index (χ2n) is 3.22. The molecule has 0 aliphatic carbocycles. The van der Waals surface area contributed by atoms with Gasteiger partial charge in [0.25, 0.3) is 11.7 Å². The van der Waals surface area contributed by atoms with Gasteiger partial charge in [-0.25, -0.2) is 4.79 Å². The van der Waals surface area contributed by atoms with E-state index in [0.29, 0.717) is 11.3 Å². The van der Waals surface area contributed by atoms with E-state index in [-0.39, 0.29) is 5.56 Å². The van der Waals surface area contributed by atoms with Gasteiger partial charge in [0, 0.05) is 6.08 Å². The van der Waals surface area contributed by atoms with Gasteiger partial charge in [0.1, 0.15) is 0 Å². The Kier molecular flexibility index (Phi) is 2.28. The summed E-state index contributed by atoms with van der Waals surface area (Å²) >= 11 is 0. The molecule has 0 saturated carbocycles. The van der Waals surface area contributed by atoms with Crippen LogP contribution in [-0.2, 0) is 9.59 Å². The number of ketones is 1. The Bertz CT molecular complexity index is 531. The van der Waals surface area contributed by atoms with E-state index in [1.54, 1.807) is 18.2 Å².